The lowest BCUT2D eigenvalue weighted by Crippen LogP contribution is -2.06. The Morgan fingerprint density at radius 1 is 1.36 bits per heavy atom. The van der Waals surface area contributed by atoms with Crippen LogP contribution in [0.5, 0.6) is 5.75 Å². The predicted molar refractivity (Wildman–Crippen MR) is 94.5 cm³/mol. The van der Waals surface area contributed by atoms with Crippen molar-refractivity contribution >= 4 is 39.7 Å². The molecular weight excluding hydrogens is 392 g/mol. The number of nitrogens with zero attached hydrogens (tertiary/aromatic N) is 2. The summed E-state index contributed by atoms with van der Waals surface area (Å²) < 4.78 is 6.56. The first-order valence-electron chi connectivity index (χ1n) is 7.13. The molecule has 3 rings (SSSR count). The van der Waals surface area contributed by atoms with Crippen LogP contribution in [0.2, 0.25) is 0 Å². The second kappa shape index (κ2) is 6.86. The number of carboxylic acids is 1. The maximum atomic E-state index is 11.3. The van der Waals surface area contributed by atoms with Gasteiger partial charge in [-0.3, -0.25) is 10.1 Å². The van der Waals surface area contributed by atoms with E-state index in [0.717, 1.165) is 33.6 Å². The highest BCUT2D eigenvalue weighted by atomic mass is 79.9. The van der Waals surface area contributed by atoms with E-state index in [4.69, 9.17) is 4.74 Å². The molecule has 1 aliphatic rings. The van der Waals surface area contributed by atoms with Crippen LogP contribution in [0.4, 0.5) is 5.69 Å². The number of nitro groups is 1. The Labute approximate surface area is 150 Å². The molecule has 0 saturated heterocycles. The fraction of sp³-hybridized carbons (Fsp3) is 0.0588. The summed E-state index contributed by atoms with van der Waals surface area (Å²) in [5, 5.41) is 20.0. The minimum Gasteiger partial charge on any atom is -0.488 e. The molecule has 0 saturated carbocycles. The van der Waals surface area contributed by atoms with Crippen molar-refractivity contribution in [1.82, 2.24) is 4.98 Å². The molecule has 0 unspecified atom stereocenters. The molecule has 0 atom stereocenters. The zero-order valence-corrected chi connectivity index (χ0v) is 14.3. The summed E-state index contributed by atoms with van der Waals surface area (Å²) >= 11 is 3.40. The molecule has 1 N–H and O–H groups in total. The number of halogens is 1. The summed E-state index contributed by atoms with van der Waals surface area (Å²) in [7, 11) is 0. The smallest absolute Gasteiger partial charge is 0.338 e. The molecule has 1 aromatic carbocycles. The van der Waals surface area contributed by atoms with E-state index in [0.29, 0.717) is 6.61 Å². The van der Waals surface area contributed by atoms with Crippen LogP contribution in [0.25, 0.3) is 12.2 Å². The number of aromatic nitrogens is 1. The first kappa shape index (κ1) is 16.8. The van der Waals surface area contributed by atoms with Crippen molar-refractivity contribution in [2.75, 3.05) is 6.61 Å². The molecule has 126 valence electrons. The van der Waals surface area contributed by atoms with Crippen molar-refractivity contribution < 1.29 is 19.6 Å². The van der Waals surface area contributed by atoms with Gasteiger partial charge in [-0.25, -0.2) is 9.78 Å². The molecule has 7 nitrogen and oxygen atoms in total. The van der Waals surface area contributed by atoms with Crippen molar-refractivity contribution in [3.63, 3.8) is 0 Å². The van der Waals surface area contributed by atoms with Gasteiger partial charge in [0.15, 0.2) is 0 Å². The Kier molecular flexibility index (Phi) is 4.62. The maximum Gasteiger partial charge on any atom is 0.338 e. The van der Waals surface area contributed by atoms with Gasteiger partial charge in [0.2, 0.25) is 0 Å². The van der Waals surface area contributed by atoms with Crippen LogP contribution in [0, 0.1) is 10.1 Å². The lowest BCUT2D eigenvalue weighted by atomic mass is 10.1. The summed E-state index contributed by atoms with van der Waals surface area (Å²) in [6.45, 7) is 0.334. The number of carboxylic acid groups (broad SMARTS) is 1. The fourth-order valence-electron chi connectivity index (χ4n) is 2.32. The summed E-state index contributed by atoms with van der Waals surface area (Å²) in [6, 6.07) is 6.65. The van der Waals surface area contributed by atoms with Crippen LogP contribution in [0.3, 0.4) is 0 Å². The van der Waals surface area contributed by atoms with E-state index >= 15 is 0 Å². The fourth-order valence-corrected chi connectivity index (χ4v) is 2.70. The van der Waals surface area contributed by atoms with Gasteiger partial charge in [0, 0.05) is 16.1 Å². The average Bonchev–Trinajstić information content (AvgIpc) is 2.59. The van der Waals surface area contributed by atoms with Crippen molar-refractivity contribution in [2.45, 2.75) is 0 Å². The second-order valence-corrected chi connectivity index (χ2v) is 6.13. The molecule has 0 fully saturated rings. The number of hydrogen-bond donors (Lipinski definition) is 1. The maximum absolute atomic E-state index is 11.3. The van der Waals surface area contributed by atoms with Gasteiger partial charge in [-0.15, -0.1) is 0 Å². The zero-order valence-electron chi connectivity index (χ0n) is 12.7. The van der Waals surface area contributed by atoms with Crippen molar-refractivity contribution in [3.8, 4) is 5.75 Å². The van der Waals surface area contributed by atoms with E-state index in [9.17, 15) is 20.0 Å². The normalized spacial score (nSPS) is 13.1. The van der Waals surface area contributed by atoms with E-state index in [-0.39, 0.29) is 16.9 Å². The van der Waals surface area contributed by atoms with Gasteiger partial charge in [-0.2, -0.15) is 0 Å². The van der Waals surface area contributed by atoms with Crippen LogP contribution >= 0.6 is 15.9 Å². The first-order chi connectivity index (χ1) is 11.9. The number of pyridine rings is 1. The van der Waals surface area contributed by atoms with Crippen molar-refractivity contribution in [2.24, 2.45) is 0 Å². The Bertz CT molecular complexity index is 937. The highest BCUT2D eigenvalue weighted by molar-refractivity contribution is 9.10. The topological polar surface area (TPSA) is 103 Å². The summed E-state index contributed by atoms with van der Waals surface area (Å²) in [6.07, 6.45) is 6.14. The van der Waals surface area contributed by atoms with Gasteiger partial charge in [0.1, 0.15) is 18.6 Å². The largest absolute Gasteiger partial charge is 0.488 e. The van der Waals surface area contributed by atoms with Gasteiger partial charge in [0.05, 0.1) is 16.2 Å². The standard InChI is InChI=1S/C17H11BrN2O5/c18-12-2-4-16-11(6-12)5-10(9-25-16)1-3-15-14(17(21)22)7-13(8-19-15)20(23)24/h1-8H,9H2,(H,21,22)/b3-1+. The predicted octanol–water partition coefficient (Wildman–Crippen LogP) is 3.94. The van der Waals surface area contributed by atoms with Gasteiger partial charge < -0.3 is 9.84 Å². The number of fused-ring (bicyclic) bond motifs is 1. The molecular formula is C17H11BrN2O5. The van der Waals surface area contributed by atoms with E-state index < -0.39 is 10.9 Å². The Morgan fingerprint density at radius 3 is 2.88 bits per heavy atom. The molecule has 1 aliphatic heterocycles. The number of ether oxygens (including phenoxy) is 1. The minimum atomic E-state index is -1.28. The number of aromatic carboxylic acids is 1. The lowest BCUT2D eigenvalue weighted by Gasteiger charge is -2.16. The molecule has 0 bridgehead atoms. The molecule has 1 aromatic heterocycles. The minimum absolute atomic E-state index is 0.138. The van der Waals surface area contributed by atoms with Gasteiger partial charge in [-0.1, -0.05) is 22.0 Å². The molecule has 2 aromatic rings. The molecule has 2 heterocycles. The zero-order chi connectivity index (χ0) is 18.0. The van der Waals surface area contributed by atoms with E-state index in [1.165, 1.54) is 6.08 Å². The van der Waals surface area contributed by atoms with Crippen LogP contribution in [0.15, 0.2) is 46.6 Å². The third-order valence-electron chi connectivity index (χ3n) is 3.51. The Balaban J connectivity index is 1.92. The van der Waals surface area contributed by atoms with E-state index in [2.05, 4.69) is 20.9 Å². The molecule has 25 heavy (non-hydrogen) atoms. The third kappa shape index (κ3) is 3.74. The number of hydrogen-bond acceptors (Lipinski definition) is 5. The number of benzene rings is 1. The van der Waals surface area contributed by atoms with Crippen LogP contribution < -0.4 is 4.74 Å². The third-order valence-corrected chi connectivity index (χ3v) is 4.00. The Morgan fingerprint density at radius 2 is 2.16 bits per heavy atom. The van der Waals surface area contributed by atoms with Crippen LogP contribution in [-0.2, 0) is 0 Å². The van der Waals surface area contributed by atoms with Crippen molar-refractivity contribution in [3.05, 3.63) is 73.5 Å². The highest BCUT2D eigenvalue weighted by Gasteiger charge is 2.16. The van der Waals surface area contributed by atoms with Crippen molar-refractivity contribution in [1.29, 1.82) is 0 Å². The molecule has 0 radical (unpaired) electrons. The molecule has 0 amide bonds. The lowest BCUT2D eigenvalue weighted by molar-refractivity contribution is -0.385. The van der Waals surface area contributed by atoms with E-state index in [1.54, 1.807) is 6.08 Å². The summed E-state index contributed by atoms with van der Waals surface area (Å²) in [4.78, 5) is 25.3. The first-order valence-corrected chi connectivity index (χ1v) is 7.92. The molecule has 0 aliphatic carbocycles. The van der Waals surface area contributed by atoms with E-state index in [1.807, 2.05) is 24.3 Å². The average molecular weight is 403 g/mol. The van der Waals surface area contributed by atoms with Crippen LogP contribution in [-0.4, -0.2) is 27.6 Å². The second-order valence-electron chi connectivity index (χ2n) is 5.21. The van der Waals surface area contributed by atoms with Gasteiger partial charge in [0.25, 0.3) is 5.69 Å². The van der Waals surface area contributed by atoms with Gasteiger partial charge in [-0.05, 0) is 35.9 Å². The van der Waals surface area contributed by atoms with Gasteiger partial charge >= 0.3 is 5.97 Å². The summed E-state index contributed by atoms with van der Waals surface area (Å²) in [5.74, 6) is -0.515. The number of rotatable bonds is 4. The van der Waals surface area contributed by atoms with Crippen LogP contribution in [0.1, 0.15) is 21.6 Å². The number of carbonyl (C=O) groups is 1. The summed E-state index contributed by atoms with van der Waals surface area (Å²) in [5.41, 5.74) is 1.26. The molecule has 0 spiro atoms. The Hall–Kier alpha value is -3.00. The molecule has 8 heteroatoms. The quantitative estimate of drug-likeness (QED) is 0.613. The highest BCUT2D eigenvalue weighted by Crippen LogP contribution is 2.29. The SMILES string of the molecule is O=C(O)c1cc([N+](=O)[O-])cnc1/C=C/C1=Cc2cc(Br)ccc2OC1. The monoisotopic (exact) mass is 402 g/mol.